The quantitative estimate of drug-likeness (QED) is 0.583. The average Bonchev–Trinajstić information content (AvgIpc) is 3.06. The van der Waals surface area contributed by atoms with E-state index in [0.29, 0.717) is 35.4 Å². The van der Waals surface area contributed by atoms with Gasteiger partial charge in [-0.2, -0.15) is 0 Å². The van der Waals surface area contributed by atoms with Crippen molar-refractivity contribution in [3.63, 3.8) is 0 Å². The largest absolute Gasteiger partial charge is 0.372 e. The second kappa shape index (κ2) is 7.62. The first-order chi connectivity index (χ1) is 14.2. The molecule has 10 heteroatoms. The molecule has 2 aromatic carbocycles. The number of nitrogens with zero attached hydrogens (tertiary/aromatic N) is 1. The maximum absolute atomic E-state index is 12.7. The van der Waals surface area contributed by atoms with Crippen LogP contribution in [0.3, 0.4) is 0 Å². The van der Waals surface area contributed by atoms with Crippen molar-refractivity contribution in [1.29, 1.82) is 0 Å². The number of anilines is 1. The molecule has 0 radical (unpaired) electrons. The van der Waals surface area contributed by atoms with E-state index >= 15 is 0 Å². The lowest BCUT2D eigenvalue weighted by atomic mass is 10.1. The molecule has 1 aliphatic rings. The lowest BCUT2D eigenvalue weighted by molar-refractivity contribution is -0.0586. The van der Waals surface area contributed by atoms with Crippen LogP contribution < -0.4 is 10.4 Å². The number of aromatic amines is 2. The second-order valence-electron chi connectivity index (χ2n) is 7.44. The van der Waals surface area contributed by atoms with Gasteiger partial charge in [-0.15, -0.1) is 0 Å². The molecule has 0 aliphatic carbocycles. The molecule has 2 atom stereocenters. The number of H-pyrrole nitrogens is 2. The van der Waals surface area contributed by atoms with E-state index in [1.165, 1.54) is 18.2 Å². The smallest absolute Gasteiger partial charge is 0.323 e. The molecule has 1 aromatic heterocycles. The zero-order valence-corrected chi connectivity index (χ0v) is 17.3. The van der Waals surface area contributed by atoms with Crippen LogP contribution in [0, 0.1) is 0 Å². The SMILES string of the molecule is C[C@H]1CN(C(=O)c2ccc(NS(=O)(=O)c3ccc4[nH]c(=O)[nH]c4c3)cc2)C[C@H](C)O1. The highest BCUT2D eigenvalue weighted by Crippen LogP contribution is 2.20. The van der Waals surface area contributed by atoms with Crippen LogP contribution in [0.5, 0.6) is 0 Å². The van der Waals surface area contributed by atoms with Crippen LogP contribution in [0.25, 0.3) is 11.0 Å². The number of aromatic nitrogens is 2. The maximum atomic E-state index is 12.7. The number of sulfonamides is 1. The number of amides is 1. The van der Waals surface area contributed by atoms with Crippen LogP contribution in [-0.4, -0.2) is 54.5 Å². The van der Waals surface area contributed by atoms with Crippen molar-refractivity contribution in [2.75, 3.05) is 17.8 Å². The highest BCUT2D eigenvalue weighted by molar-refractivity contribution is 7.92. The fourth-order valence-corrected chi connectivity index (χ4v) is 4.68. The van der Waals surface area contributed by atoms with Gasteiger partial charge in [0.25, 0.3) is 15.9 Å². The monoisotopic (exact) mass is 430 g/mol. The van der Waals surface area contributed by atoms with Crippen molar-refractivity contribution in [1.82, 2.24) is 14.9 Å². The summed E-state index contributed by atoms with van der Waals surface area (Å²) in [5.41, 5.74) is 1.33. The summed E-state index contributed by atoms with van der Waals surface area (Å²) in [5.74, 6) is -0.117. The molecule has 1 fully saturated rings. The molecule has 3 N–H and O–H groups in total. The average molecular weight is 430 g/mol. The van der Waals surface area contributed by atoms with Crippen LogP contribution >= 0.6 is 0 Å². The number of carbonyl (C=O) groups is 1. The third-order valence-electron chi connectivity index (χ3n) is 4.89. The number of rotatable bonds is 4. The molecule has 1 amide bonds. The summed E-state index contributed by atoms with van der Waals surface area (Å²) in [7, 11) is -3.86. The summed E-state index contributed by atoms with van der Waals surface area (Å²) in [5, 5.41) is 0. The van der Waals surface area contributed by atoms with Crippen LogP contribution in [0.1, 0.15) is 24.2 Å². The minimum Gasteiger partial charge on any atom is -0.372 e. The number of benzene rings is 2. The third kappa shape index (κ3) is 4.10. The van der Waals surface area contributed by atoms with Crippen molar-refractivity contribution in [2.45, 2.75) is 31.0 Å². The molecule has 30 heavy (non-hydrogen) atoms. The fraction of sp³-hybridized carbons (Fsp3) is 0.300. The van der Waals surface area contributed by atoms with Crippen LogP contribution in [0.4, 0.5) is 5.69 Å². The molecule has 158 valence electrons. The molecule has 9 nitrogen and oxygen atoms in total. The molecule has 3 aromatic rings. The maximum Gasteiger partial charge on any atom is 0.323 e. The number of carbonyl (C=O) groups excluding carboxylic acids is 1. The minimum atomic E-state index is -3.86. The van der Waals surface area contributed by atoms with E-state index < -0.39 is 15.7 Å². The van der Waals surface area contributed by atoms with E-state index in [1.807, 2.05) is 13.8 Å². The molecule has 1 aliphatic heterocycles. The number of ether oxygens (including phenoxy) is 1. The standard InChI is InChI=1S/C20H22N4O5S/c1-12-10-24(11-13(2)29-12)19(25)14-3-5-15(6-4-14)23-30(27,28)16-7-8-17-18(9-16)22-20(26)21-17/h3-9,12-13,23H,10-11H2,1-2H3,(H2,21,22,26)/t12-,13-/m0/s1. The van der Waals surface area contributed by atoms with Gasteiger partial charge in [0, 0.05) is 24.3 Å². The van der Waals surface area contributed by atoms with Crippen LogP contribution in [0.15, 0.2) is 52.2 Å². The summed E-state index contributed by atoms with van der Waals surface area (Å²) in [6.07, 6.45) is -0.0628. The van der Waals surface area contributed by atoms with Gasteiger partial charge in [0.1, 0.15) is 0 Å². The Hall–Kier alpha value is -3.11. The zero-order valence-electron chi connectivity index (χ0n) is 16.5. The Morgan fingerprint density at radius 2 is 1.67 bits per heavy atom. The Bertz CT molecular complexity index is 1240. The topological polar surface area (TPSA) is 124 Å². The number of hydrogen-bond acceptors (Lipinski definition) is 5. The lowest BCUT2D eigenvalue weighted by Crippen LogP contribution is -2.48. The third-order valence-corrected chi connectivity index (χ3v) is 6.27. The van der Waals surface area contributed by atoms with E-state index in [1.54, 1.807) is 29.2 Å². The molecule has 0 spiro atoms. The molecule has 1 saturated heterocycles. The molecule has 0 bridgehead atoms. The first kappa shape index (κ1) is 20.2. The first-order valence-corrected chi connectivity index (χ1v) is 11.0. The number of nitrogens with one attached hydrogen (secondary N) is 3. The Morgan fingerprint density at radius 3 is 2.33 bits per heavy atom. The fourth-order valence-electron chi connectivity index (χ4n) is 3.60. The van der Waals surface area contributed by atoms with Crippen molar-refractivity contribution in [2.24, 2.45) is 0 Å². The highest BCUT2D eigenvalue weighted by Gasteiger charge is 2.26. The zero-order chi connectivity index (χ0) is 21.5. The van der Waals surface area contributed by atoms with Gasteiger partial charge in [-0.05, 0) is 56.3 Å². The Kier molecular flexibility index (Phi) is 5.12. The first-order valence-electron chi connectivity index (χ1n) is 9.51. The van der Waals surface area contributed by atoms with E-state index in [-0.39, 0.29) is 23.0 Å². The van der Waals surface area contributed by atoms with Crippen LogP contribution in [0.2, 0.25) is 0 Å². The summed E-state index contributed by atoms with van der Waals surface area (Å²) >= 11 is 0. The van der Waals surface area contributed by atoms with E-state index in [0.717, 1.165) is 0 Å². The summed E-state index contributed by atoms with van der Waals surface area (Å²) in [6.45, 7) is 4.88. The molecule has 2 heterocycles. The normalized spacial score (nSPS) is 19.7. The van der Waals surface area contributed by atoms with Crippen molar-refractivity contribution in [3.05, 3.63) is 58.5 Å². The Balaban J connectivity index is 1.50. The number of imidazole rings is 1. The predicted molar refractivity (Wildman–Crippen MR) is 112 cm³/mol. The lowest BCUT2D eigenvalue weighted by Gasteiger charge is -2.35. The summed E-state index contributed by atoms with van der Waals surface area (Å²) in [6, 6.07) is 10.6. The number of fused-ring (bicyclic) bond motifs is 1. The van der Waals surface area contributed by atoms with E-state index in [9.17, 15) is 18.0 Å². The van der Waals surface area contributed by atoms with Gasteiger partial charge in [0.2, 0.25) is 0 Å². The highest BCUT2D eigenvalue weighted by atomic mass is 32.2. The van der Waals surface area contributed by atoms with Gasteiger partial charge in [-0.25, -0.2) is 13.2 Å². The molecule has 0 unspecified atom stereocenters. The van der Waals surface area contributed by atoms with Gasteiger partial charge in [0.15, 0.2) is 0 Å². The number of morpholine rings is 1. The van der Waals surface area contributed by atoms with Gasteiger partial charge >= 0.3 is 5.69 Å². The van der Waals surface area contributed by atoms with Crippen molar-refractivity contribution < 1.29 is 17.9 Å². The van der Waals surface area contributed by atoms with E-state index in [2.05, 4.69) is 14.7 Å². The summed E-state index contributed by atoms with van der Waals surface area (Å²) < 4.78 is 33.5. The molecule has 0 saturated carbocycles. The second-order valence-corrected chi connectivity index (χ2v) is 9.12. The van der Waals surface area contributed by atoms with Gasteiger partial charge in [0.05, 0.1) is 28.1 Å². The minimum absolute atomic E-state index is 0.0155. The van der Waals surface area contributed by atoms with Gasteiger partial charge in [-0.1, -0.05) is 0 Å². The van der Waals surface area contributed by atoms with Crippen molar-refractivity contribution in [3.8, 4) is 0 Å². The summed E-state index contributed by atoms with van der Waals surface area (Å²) in [4.78, 5) is 31.0. The molecular formula is C20H22N4O5S. The van der Waals surface area contributed by atoms with Crippen molar-refractivity contribution >= 4 is 32.7 Å². The van der Waals surface area contributed by atoms with Crippen LogP contribution in [-0.2, 0) is 14.8 Å². The number of hydrogen-bond donors (Lipinski definition) is 3. The van der Waals surface area contributed by atoms with Gasteiger partial charge in [-0.3, -0.25) is 9.52 Å². The van der Waals surface area contributed by atoms with E-state index in [4.69, 9.17) is 4.74 Å². The molecule has 4 rings (SSSR count). The Morgan fingerprint density at radius 1 is 1.03 bits per heavy atom. The predicted octanol–water partition coefficient (Wildman–Crippen LogP) is 1.91. The Labute approximate surface area is 173 Å². The van der Waals surface area contributed by atoms with Gasteiger partial charge < -0.3 is 19.6 Å². The molecular weight excluding hydrogens is 408 g/mol.